The maximum Gasteiger partial charge on any atom is 0.337 e. The summed E-state index contributed by atoms with van der Waals surface area (Å²) in [5.41, 5.74) is 1.20. The van der Waals surface area contributed by atoms with Gasteiger partial charge in [0.15, 0.2) is 0 Å². The van der Waals surface area contributed by atoms with Crippen LogP contribution in [-0.2, 0) is 4.74 Å². The summed E-state index contributed by atoms with van der Waals surface area (Å²) in [7, 11) is 1.71. The fourth-order valence-corrected chi connectivity index (χ4v) is 2.36. The van der Waals surface area contributed by atoms with Gasteiger partial charge in [0.2, 0.25) is 0 Å². The van der Waals surface area contributed by atoms with Crippen LogP contribution in [0, 0.1) is 0 Å². The van der Waals surface area contributed by atoms with Crippen LogP contribution in [0.5, 0.6) is 0 Å². The molecule has 0 bridgehead atoms. The fourth-order valence-electron chi connectivity index (χ4n) is 2.36. The Labute approximate surface area is 125 Å². The van der Waals surface area contributed by atoms with E-state index in [1.807, 2.05) is 12.1 Å². The summed E-state index contributed by atoms with van der Waals surface area (Å²) in [6.07, 6.45) is 0. The second-order valence-electron chi connectivity index (χ2n) is 4.64. The van der Waals surface area contributed by atoms with Gasteiger partial charge in [-0.15, -0.1) is 12.4 Å². The number of rotatable bonds is 5. The zero-order valence-electron chi connectivity index (χ0n) is 11.6. The molecule has 1 aliphatic heterocycles. The van der Waals surface area contributed by atoms with Crippen molar-refractivity contribution in [3.63, 3.8) is 0 Å². The van der Waals surface area contributed by atoms with E-state index in [9.17, 15) is 9.90 Å². The molecule has 0 unspecified atom stereocenters. The van der Waals surface area contributed by atoms with Crippen molar-refractivity contribution in [3.05, 3.63) is 29.8 Å². The predicted molar refractivity (Wildman–Crippen MR) is 81.2 cm³/mol. The highest BCUT2D eigenvalue weighted by atomic mass is 35.5. The largest absolute Gasteiger partial charge is 0.478 e. The van der Waals surface area contributed by atoms with Crippen LogP contribution in [0.4, 0.5) is 5.69 Å². The van der Waals surface area contributed by atoms with E-state index in [2.05, 4.69) is 9.80 Å². The smallest absolute Gasteiger partial charge is 0.337 e. The Morgan fingerprint density at radius 3 is 2.50 bits per heavy atom. The highest BCUT2D eigenvalue weighted by Gasteiger charge is 2.20. The number of methoxy groups -OCH3 is 1. The average molecular weight is 301 g/mol. The lowest BCUT2D eigenvalue weighted by molar-refractivity contribution is 0.0697. The Kier molecular flexibility index (Phi) is 6.78. The van der Waals surface area contributed by atoms with Crippen LogP contribution in [0.25, 0.3) is 0 Å². The zero-order valence-corrected chi connectivity index (χ0v) is 12.4. The number of piperazine rings is 1. The molecule has 0 spiro atoms. The monoisotopic (exact) mass is 300 g/mol. The van der Waals surface area contributed by atoms with E-state index in [0.29, 0.717) is 5.56 Å². The van der Waals surface area contributed by atoms with Crippen molar-refractivity contribution in [1.82, 2.24) is 4.90 Å². The molecule has 5 nitrogen and oxygen atoms in total. The summed E-state index contributed by atoms with van der Waals surface area (Å²) < 4.78 is 5.07. The third-order valence-electron chi connectivity index (χ3n) is 3.46. The molecule has 1 heterocycles. The van der Waals surface area contributed by atoms with Gasteiger partial charge in [-0.25, -0.2) is 4.79 Å². The minimum Gasteiger partial charge on any atom is -0.478 e. The van der Waals surface area contributed by atoms with Crippen molar-refractivity contribution in [3.8, 4) is 0 Å². The van der Waals surface area contributed by atoms with Gasteiger partial charge in [0, 0.05) is 39.8 Å². The standard InChI is InChI=1S/C14H20N2O3.ClH/c1-19-11-10-15-6-8-16(9-7-15)13-5-3-2-4-12(13)14(17)18;/h2-5H,6-11H2,1H3,(H,17,18);1H. The van der Waals surface area contributed by atoms with Gasteiger partial charge in [-0.05, 0) is 12.1 Å². The van der Waals surface area contributed by atoms with Crippen LogP contribution in [0.1, 0.15) is 10.4 Å². The Morgan fingerprint density at radius 1 is 1.25 bits per heavy atom. The number of ether oxygens (including phenoxy) is 1. The molecule has 1 saturated heterocycles. The maximum absolute atomic E-state index is 11.2. The number of nitrogens with zero attached hydrogens (tertiary/aromatic N) is 2. The number of benzene rings is 1. The van der Waals surface area contributed by atoms with Gasteiger partial charge in [0.1, 0.15) is 0 Å². The van der Waals surface area contributed by atoms with Gasteiger partial charge in [-0.1, -0.05) is 12.1 Å². The molecule has 0 amide bonds. The summed E-state index contributed by atoms with van der Waals surface area (Å²) in [6, 6.07) is 7.20. The highest BCUT2D eigenvalue weighted by Crippen LogP contribution is 2.21. The molecule has 0 saturated carbocycles. The number of halogens is 1. The van der Waals surface area contributed by atoms with Crippen molar-refractivity contribution in [2.75, 3.05) is 51.3 Å². The molecule has 1 fully saturated rings. The first-order valence-electron chi connectivity index (χ1n) is 6.51. The van der Waals surface area contributed by atoms with Crippen LogP contribution in [0.15, 0.2) is 24.3 Å². The molecule has 20 heavy (non-hydrogen) atoms. The lowest BCUT2D eigenvalue weighted by Gasteiger charge is -2.36. The molecule has 1 N–H and O–H groups in total. The summed E-state index contributed by atoms with van der Waals surface area (Å²) in [5.74, 6) is -0.864. The first-order chi connectivity index (χ1) is 9.22. The molecule has 6 heteroatoms. The first-order valence-corrected chi connectivity index (χ1v) is 6.51. The second kappa shape index (κ2) is 8.09. The Hall–Kier alpha value is -1.30. The number of hydrogen-bond donors (Lipinski definition) is 1. The van der Waals surface area contributed by atoms with E-state index in [4.69, 9.17) is 4.74 Å². The molecule has 1 aromatic carbocycles. The number of carboxylic acids is 1. The van der Waals surface area contributed by atoms with Crippen LogP contribution in [0.2, 0.25) is 0 Å². The van der Waals surface area contributed by atoms with Crippen LogP contribution >= 0.6 is 12.4 Å². The molecule has 0 radical (unpaired) electrons. The molecule has 1 aromatic rings. The summed E-state index contributed by atoms with van der Waals surface area (Å²) in [6.45, 7) is 5.27. The second-order valence-corrected chi connectivity index (χ2v) is 4.64. The third kappa shape index (κ3) is 4.10. The summed E-state index contributed by atoms with van der Waals surface area (Å²) >= 11 is 0. The molecule has 0 aliphatic carbocycles. The Bertz CT molecular complexity index is 434. The maximum atomic E-state index is 11.2. The first kappa shape index (κ1) is 16.8. The number of carbonyl (C=O) groups is 1. The van der Waals surface area contributed by atoms with Gasteiger partial charge >= 0.3 is 5.97 Å². The molecule has 2 rings (SSSR count). The Morgan fingerprint density at radius 2 is 1.90 bits per heavy atom. The van der Waals surface area contributed by atoms with Gasteiger partial charge in [0.25, 0.3) is 0 Å². The highest BCUT2D eigenvalue weighted by molar-refractivity contribution is 5.94. The van der Waals surface area contributed by atoms with E-state index in [0.717, 1.165) is 45.0 Å². The van der Waals surface area contributed by atoms with E-state index in [1.165, 1.54) is 0 Å². The number of carboxylic acid groups (broad SMARTS) is 1. The summed E-state index contributed by atoms with van der Waals surface area (Å²) in [4.78, 5) is 15.7. The van der Waals surface area contributed by atoms with Crippen molar-refractivity contribution in [2.24, 2.45) is 0 Å². The predicted octanol–water partition coefficient (Wildman–Crippen LogP) is 1.57. The normalized spacial score (nSPS) is 15.8. The van der Waals surface area contributed by atoms with E-state index in [1.54, 1.807) is 19.2 Å². The zero-order chi connectivity index (χ0) is 13.7. The average Bonchev–Trinajstić information content (AvgIpc) is 2.45. The third-order valence-corrected chi connectivity index (χ3v) is 3.46. The van der Waals surface area contributed by atoms with Crippen LogP contribution < -0.4 is 4.90 Å². The molecule has 112 valence electrons. The number of anilines is 1. The molecule has 0 aromatic heterocycles. The fraction of sp³-hybridized carbons (Fsp3) is 0.500. The SMILES string of the molecule is COCCN1CCN(c2ccccc2C(=O)O)CC1.Cl. The van der Waals surface area contributed by atoms with Crippen molar-refractivity contribution < 1.29 is 14.6 Å². The van der Waals surface area contributed by atoms with Crippen molar-refractivity contribution in [2.45, 2.75) is 0 Å². The van der Waals surface area contributed by atoms with E-state index >= 15 is 0 Å². The molecular formula is C14H21ClN2O3. The van der Waals surface area contributed by atoms with Gasteiger partial charge in [-0.2, -0.15) is 0 Å². The van der Waals surface area contributed by atoms with Crippen molar-refractivity contribution >= 4 is 24.1 Å². The molecule has 0 atom stereocenters. The number of aromatic carboxylic acids is 1. The topological polar surface area (TPSA) is 53.0 Å². The van der Waals surface area contributed by atoms with Gasteiger partial charge in [0.05, 0.1) is 17.9 Å². The summed E-state index contributed by atoms with van der Waals surface area (Å²) in [5, 5.41) is 9.21. The lowest BCUT2D eigenvalue weighted by Crippen LogP contribution is -2.47. The lowest BCUT2D eigenvalue weighted by atomic mass is 10.1. The van der Waals surface area contributed by atoms with Crippen LogP contribution in [-0.4, -0.2) is 62.4 Å². The number of para-hydroxylation sites is 1. The van der Waals surface area contributed by atoms with Crippen molar-refractivity contribution in [1.29, 1.82) is 0 Å². The van der Waals surface area contributed by atoms with E-state index < -0.39 is 5.97 Å². The molecule has 1 aliphatic rings. The molecular weight excluding hydrogens is 280 g/mol. The quantitative estimate of drug-likeness (QED) is 0.895. The van der Waals surface area contributed by atoms with Gasteiger partial charge < -0.3 is 14.7 Å². The minimum atomic E-state index is -0.864. The minimum absolute atomic E-state index is 0. The van der Waals surface area contributed by atoms with Crippen LogP contribution in [0.3, 0.4) is 0 Å². The van der Waals surface area contributed by atoms with Gasteiger partial charge in [-0.3, -0.25) is 4.90 Å². The number of hydrogen-bond acceptors (Lipinski definition) is 4. The Balaban J connectivity index is 0.00000200. The van der Waals surface area contributed by atoms with E-state index in [-0.39, 0.29) is 12.4 Å².